The average Bonchev–Trinajstić information content (AvgIpc) is 2.93. The number of hydrogen-bond donors (Lipinski definition) is 3. The van der Waals surface area contributed by atoms with Crippen LogP contribution in [0.15, 0.2) is 79.1 Å². The maximum absolute atomic E-state index is 12.1. The second-order valence-corrected chi connectivity index (χ2v) is 7.68. The Bertz CT molecular complexity index is 1310. The normalized spacial score (nSPS) is 10.2. The van der Waals surface area contributed by atoms with Gasteiger partial charge in [-0.3, -0.25) is 9.78 Å². The van der Waals surface area contributed by atoms with E-state index >= 15 is 0 Å². The third-order valence-electron chi connectivity index (χ3n) is 5.14. The number of rotatable bonds is 11. The first kappa shape index (κ1) is 25.1. The molecule has 0 saturated carbocycles. The average molecular weight is 502 g/mol. The molecule has 10 nitrogen and oxygen atoms in total. The molecule has 1 aromatic heterocycles. The van der Waals surface area contributed by atoms with E-state index in [4.69, 9.17) is 18.9 Å². The van der Waals surface area contributed by atoms with Crippen molar-refractivity contribution < 1.29 is 23.7 Å². The second kappa shape index (κ2) is 12.1. The third-order valence-corrected chi connectivity index (χ3v) is 5.14. The Morgan fingerprint density at radius 1 is 0.811 bits per heavy atom. The summed E-state index contributed by atoms with van der Waals surface area (Å²) in [6, 6.07) is 20.0. The largest absolute Gasteiger partial charge is 0.493 e. The summed E-state index contributed by atoms with van der Waals surface area (Å²) in [7, 11) is 4.65. The highest BCUT2D eigenvalue weighted by atomic mass is 16.5. The van der Waals surface area contributed by atoms with E-state index in [0.717, 1.165) is 11.4 Å². The van der Waals surface area contributed by atoms with Gasteiger partial charge >= 0.3 is 0 Å². The lowest BCUT2D eigenvalue weighted by Gasteiger charge is -2.15. The van der Waals surface area contributed by atoms with Gasteiger partial charge in [-0.1, -0.05) is 18.2 Å². The smallest absolute Gasteiger partial charge is 0.243 e. The molecule has 0 atom stereocenters. The van der Waals surface area contributed by atoms with Crippen LogP contribution < -0.4 is 34.9 Å². The van der Waals surface area contributed by atoms with Crippen molar-refractivity contribution in [3.8, 4) is 28.9 Å². The number of hydrogen-bond acceptors (Lipinski definition) is 9. The lowest BCUT2D eigenvalue weighted by molar-refractivity contribution is -0.114. The van der Waals surface area contributed by atoms with Gasteiger partial charge in [-0.15, -0.1) is 0 Å². The molecule has 190 valence electrons. The van der Waals surface area contributed by atoms with E-state index in [1.54, 1.807) is 51.8 Å². The van der Waals surface area contributed by atoms with Gasteiger partial charge < -0.3 is 34.9 Å². The molecule has 3 N–H and O–H groups in total. The summed E-state index contributed by atoms with van der Waals surface area (Å²) in [5, 5.41) is 9.08. The summed E-state index contributed by atoms with van der Waals surface area (Å²) in [5.74, 6) is 2.71. The van der Waals surface area contributed by atoms with Crippen LogP contribution >= 0.6 is 0 Å². The monoisotopic (exact) mass is 501 g/mol. The van der Waals surface area contributed by atoms with E-state index in [2.05, 4.69) is 25.9 Å². The number of nitrogens with zero attached hydrogens (tertiary/aromatic N) is 2. The molecule has 10 heteroatoms. The van der Waals surface area contributed by atoms with Crippen molar-refractivity contribution in [2.24, 2.45) is 0 Å². The highest BCUT2D eigenvalue weighted by Crippen LogP contribution is 2.40. The predicted octanol–water partition coefficient (Wildman–Crippen LogP) is 5.09. The van der Waals surface area contributed by atoms with Crippen molar-refractivity contribution in [1.29, 1.82) is 0 Å². The lowest BCUT2D eigenvalue weighted by atomic mass is 10.2. The number of aromatic nitrogens is 2. The number of ether oxygens (including phenoxy) is 4. The summed E-state index contributed by atoms with van der Waals surface area (Å²) in [4.78, 5) is 20.8. The van der Waals surface area contributed by atoms with Crippen molar-refractivity contribution >= 4 is 28.8 Å². The van der Waals surface area contributed by atoms with Crippen molar-refractivity contribution in [3.05, 3.63) is 79.1 Å². The van der Waals surface area contributed by atoms with Crippen LogP contribution in [-0.2, 0) is 4.79 Å². The first-order valence-corrected chi connectivity index (χ1v) is 11.3. The molecular formula is C27H27N5O5. The van der Waals surface area contributed by atoms with Gasteiger partial charge in [-0.05, 0) is 36.4 Å². The quantitative estimate of drug-likeness (QED) is 0.258. The van der Waals surface area contributed by atoms with Crippen LogP contribution in [0.3, 0.4) is 0 Å². The molecule has 0 bridgehead atoms. The predicted molar refractivity (Wildman–Crippen MR) is 141 cm³/mol. The highest BCUT2D eigenvalue weighted by molar-refractivity contribution is 5.93. The molecular weight excluding hydrogens is 474 g/mol. The van der Waals surface area contributed by atoms with E-state index in [-0.39, 0.29) is 12.5 Å². The first-order valence-electron chi connectivity index (χ1n) is 11.3. The van der Waals surface area contributed by atoms with Crippen LogP contribution in [0.4, 0.5) is 22.9 Å². The lowest BCUT2D eigenvalue weighted by Crippen LogP contribution is -2.21. The number of carbonyl (C=O) groups is 1. The van der Waals surface area contributed by atoms with Crippen LogP contribution in [0.5, 0.6) is 28.9 Å². The molecule has 0 radical (unpaired) electrons. The first-order chi connectivity index (χ1) is 18.1. The molecule has 1 heterocycles. The van der Waals surface area contributed by atoms with Gasteiger partial charge in [0.2, 0.25) is 17.5 Å². The number of methoxy groups -OCH3 is 3. The fourth-order valence-corrected chi connectivity index (χ4v) is 3.43. The maximum atomic E-state index is 12.1. The minimum atomic E-state index is -0.141. The van der Waals surface area contributed by atoms with Gasteiger partial charge in [0.1, 0.15) is 5.75 Å². The van der Waals surface area contributed by atoms with Crippen molar-refractivity contribution in [3.63, 3.8) is 0 Å². The van der Waals surface area contributed by atoms with Gasteiger partial charge in [-0.25, -0.2) is 0 Å². The van der Waals surface area contributed by atoms with Gasteiger partial charge in [0, 0.05) is 29.2 Å². The van der Waals surface area contributed by atoms with Crippen LogP contribution in [-0.4, -0.2) is 43.7 Å². The SMILES string of the molecule is COc1cc(Nc2cncc(Oc3ccc(NCC(=O)Nc4ccccc4)cc3)n2)cc(OC)c1OC. The van der Waals surface area contributed by atoms with E-state index in [0.29, 0.717) is 40.4 Å². The van der Waals surface area contributed by atoms with Gasteiger partial charge in [-0.2, -0.15) is 4.98 Å². The van der Waals surface area contributed by atoms with Crippen LogP contribution in [0.25, 0.3) is 0 Å². The van der Waals surface area contributed by atoms with E-state index in [1.807, 2.05) is 42.5 Å². The van der Waals surface area contributed by atoms with E-state index < -0.39 is 0 Å². The Kier molecular flexibility index (Phi) is 8.22. The van der Waals surface area contributed by atoms with Crippen molar-refractivity contribution in [2.75, 3.05) is 43.8 Å². The van der Waals surface area contributed by atoms with Crippen LogP contribution in [0.1, 0.15) is 0 Å². The minimum absolute atomic E-state index is 0.134. The third kappa shape index (κ3) is 6.79. The zero-order chi connectivity index (χ0) is 26.0. The summed E-state index contributed by atoms with van der Waals surface area (Å²) in [6.45, 7) is 0.134. The second-order valence-electron chi connectivity index (χ2n) is 7.68. The van der Waals surface area contributed by atoms with Gasteiger partial charge in [0.05, 0.1) is 40.3 Å². The molecule has 3 aromatic carbocycles. The van der Waals surface area contributed by atoms with Crippen LogP contribution in [0.2, 0.25) is 0 Å². The summed E-state index contributed by atoms with van der Waals surface area (Å²) in [5.41, 5.74) is 2.20. The van der Waals surface area contributed by atoms with Crippen molar-refractivity contribution in [2.45, 2.75) is 0 Å². The van der Waals surface area contributed by atoms with Gasteiger partial charge in [0.15, 0.2) is 17.3 Å². The molecule has 37 heavy (non-hydrogen) atoms. The number of carbonyl (C=O) groups excluding carboxylic acids is 1. The zero-order valence-electron chi connectivity index (χ0n) is 20.6. The number of amides is 1. The Morgan fingerprint density at radius 3 is 2.16 bits per heavy atom. The molecule has 0 aliphatic heterocycles. The fourth-order valence-electron chi connectivity index (χ4n) is 3.43. The molecule has 0 saturated heterocycles. The number of anilines is 4. The molecule has 0 fully saturated rings. The van der Waals surface area contributed by atoms with Crippen LogP contribution in [0, 0.1) is 0 Å². The Morgan fingerprint density at radius 2 is 1.51 bits per heavy atom. The topological polar surface area (TPSA) is 116 Å². The maximum Gasteiger partial charge on any atom is 0.243 e. The number of benzene rings is 3. The zero-order valence-corrected chi connectivity index (χ0v) is 20.6. The van der Waals surface area contributed by atoms with Crippen molar-refractivity contribution in [1.82, 2.24) is 9.97 Å². The molecule has 0 unspecified atom stereocenters. The fraction of sp³-hybridized carbons (Fsp3) is 0.148. The molecule has 0 spiro atoms. The summed E-state index contributed by atoms with van der Waals surface area (Å²) >= 11 is 0. The summed E-state index contributed by atoms with van der Waals surface area (Å²) < 4.78 is 22.0. The molecule has 0 aliphatic rings. The standard InChI is InChI=1S/C27H27N5O5/c1-34-22-13-20(14-23(35-2)27(22)36-3)30-24-15-28-17-26(32-24)37-21-11-9-18(10-12-21)29-16-25(33)31-19-7-5-4-6-8-19/h4-15,17,29H,16H2,1-3H3,(H,30,32)(H,31,33). The van der Waals surface area contributed by atoms with Gasteiger partial charge in [0.25, 0.3) is 0 Å². The molecule has 1 amide bonds. The Balaban J connectivity index is 1.36. The highest BCUT2D eigenvalue weighted by Gasteiger charge is 2.14. The molecule has 0 aliphatic carbocycles. The Labute approximate surface area is 214 Å². The van der Waals surface area contributed by atoms with E-state index in [9.17, 15) is 4.79 Å². The molecule has 4 rings (SSSR count). The Hall–Kier alpha value is -4.99. The minimum Gasteiger partial charge on any atom is -0.493 e. The summed E-state index contributed by atoms with van der Waals surface area (Å²) in [6.07, 6.45) is 3.09. The van der Waals surface area contributed by atoms with E-state index in [1.165, 1.54) is 6.20 Å². The molecule has 4 aromatic rings. The number of para-hydroxylation sites is 1. The number of nitrogens with one attached hydrogen (secondary N) is 3.